The Morgan fingerprint density at radius 2 is 1.68 bits per heavy atom. The minimum Gasteiger partial charge on any atom is -0.497 e. The molecule has 0 saturated heterocycles. The third-order valence-corrected chi connectivity index (χ3v) is 6.92. The van der Waals surface area contributed by atoms with Gasteiger partial charge in [-0.1, -0.05) is 30.5 Å². The third kappa shape index (κ3) is 6.21. The Hall–Kier alpha value is -2.58. The zero-order valence-electron chi connectivity index (χ0n) is 18.6. The second kappa shape index (κ2) is 10.2. The van der Waals surface area contributed by atoms with Crippen molar-refractivity contribution in [2.45, 2.75) is 49.6 Å². The number of aryl methyl sites for hydroxylation is 1. The van der Waals surface area contributed by atoms with Gasteiger partial charge in [0.25, 0.3) is 10.0 Å². The molecule has 168 valence electrons. The molecule has 1 aliphatic rings. The number of ether oxygens (including phenoxy) is 1. The molecule has 2 N–H and O–H groups in total. The molecule has 7 nitrogen and oxygen atoms in total. The van der Waals surface area contributed by atoms with Gasteiger partial charge in [-0.3, -0.25) is 0 Å². The maximum atomic E-state index is 13.0. The van der Waals surface area contributed by atoms with Crippen LogP contribution >= 0.6 is 0 Å². The number of anilines is 1. The molecule has 0 aliphatic heterocycles. The van der Waals surface area contributed by atoms with Crippen LogP contribution in [-0.4, -0.2) is 52.6 Å². The lowest BCUT2D eigenvalue weighted by Gasteiger charge is -2.34. The highest BCUT2D eigenvalue weighted by molar-refractivity contribution is 7.90. The van der Waals surface area contributed by atoms with Gasteiger partial charge in [-0.25, -0.2) is 18.1 Å². The van der Waals surface area contributed by atoms with Crippen LogP contribution < -0.4 is 14.8 Å². The van der Waals surface area contributed by atoms with Crippen molar-refractivity contribution in [2.24, 2.45) is 4.99 Å². The number of sulfonamides is 1. The minimum atomic E-state index is -3.78. The van der Waals surface area contributed by atoms with Crippen LogP contribution in [0.2, 0.25) is 0 Å². The molecule has 2 aromatic rings. The lowest BCUT2D eigenvalue weighted by atomic mass is 9.90. The normalized spacial score (nSPS) is 19.8. The van der Waals surface area contributed by atoms with Crippen molar-refractivity contribution in [1.29, 1.82) is 0 Å². The topological polar surface area (TPSA) is 83.0 Å². The van der Waals surface area contributed by atoms with Gasteiger partial charge in [0.05, 0.1) is 18.0 Å². The summed E-state index contributed by atoms with van der Waals surface area (Å²) < 4.78 is 34.0. The second-order valence-corrected chi connectivity index (χ2v) is 9.81. The van der Waals surface area contributed by atoms with Gasteiger partial charge >= 0.3 is 0 Å². The second-order valence-electron chi connectivity index (χ2n) is 8.13. The van der Waals surface area contributed by atoms with Gasteiger partial charge in [0, 0.05) is 11.7 Å². The van der Waals surface area contributed by atoms with E-state index in [1.165, 1.54) is 0 Å². The van der Waals surface area contributed by atoms with Crippen molar-refractivity contribution in [2.75, 3.05) is 26.5 Å². The molecule has 1 aliphatic carbocycles. The largest absolute Gasteiger partial charge is 0.497 e. The lowest BCUT2D eigenvalue weighted by molar-refractivity contribution is 0.202. The average molecular weight is 445 g/mol. The van der Waals surface area contributed by atoms with Gasteiger partial charge < -0.3 is 15.0 Å². The molecule has 0 aromatic heterocycles. The monoisotopic (exact) mass is 444 g/mol. The van der Waals surface area contributed by atoms with E-state index in [1.54, 1.807) is 31.4 Å². The standard InChI is InChI=1S/C23H32N4O3S/c1-17-9-15-20(16-10-17)31(28,29)26-23(24-18-11-13-19(30-4)14-12-18)25-21-7-5-6-8-22(21)27(2)3/h9-16,21-22H,5-8H2,1-4H3,(H2,24,25,26)/t21-,22-/m1/s1. The predicted octanol–water partition coefficient (Wildman–Crippen LogP) is 3.62. The predicted molar refractivity (Wildman–Crippen MR) is 125 cm³/mol. The number of hydrogen-bond acceptors (Lipinski definition) is 5. The van der Waals surface area contributed by atoms with Crippen LogP contribution in [0.25, 0.3) is 0 Å². The molecule has 31 heavy (non-hydrogen) atoms. The molecule has 1 saturated carbocycles. The van der Waals surface area contributed by atoms with E-state index in [9.17, 15) is 8.42 Å². The molecule has 0 radical (unpaired) electrons. The fraction of sp³-hybridized carbons (Fsp3) is 0.435. The van der Waals surface area contributed by atoms with Crippen LogP contribution in [0, 0.1) is 6.92 Å². The van der Waals surface area contributed by atoms with Gasteiger partial charge in [0.2, 0.25) is 5.96 Å². The Kier molecular flexibility index (Phi) is 7.56. The van der Waals surface area contributed by atoms with Gasteiger partial charge in [-0.15, -0.1) is 0 Å². The molecule has 3 rings (SSSR count). The highest BCUT2D eigenvalue weighted by Crippen LogP contribution is 2.25. The first-order valence-corrected chi connectivity index (χ1v) is 12.0. The van der Waals surface area contributed by atoms with E-state index in [4.69, 9.17) is 9.73 Å². The zero-order chi connectivity index (χ0) is 22.4. The Balaban J connectivity index is 1.91. The quantitative estimate of drug-likeness (QED) is 0.525. The summed E-state index contributed by atoms with van der Waals surface area (Å²) in [4.78, 5) is 7.22. The minimum absolute atomic E-state index is 0.00483. The summed E-state index contributed by atoms with van der Waals surface area (Å²) in [6, 6.07) is 14.3. The van der Waals surface area contributed by atoms with Crippen molar-refractivity contribution in [1.82, 2.24) is 9.62 Å². The Bertz CT molecular complexity index is 986. The molecule has 2 aromatic carbocycles. The van der Waals surface area contributed by atoms with Crippen LogP contribution in [0.5, 0.6) is 5.75 Å². The maximum Gasteiger partial charge on any atom is 0.264 e. The highest BCUT2D eigenvalue weighted by atomic mass is 32.2. The van der Waals surface area contributed by atoms with E-state index < -0.39 is 10.0 Å². The number of likely N-dealkylation sites (N-methyl/N-ethyl adjacent to an activating group) is 1. The van der Waals surface area contributed by atoms with Crippen LogP contribution in [0.4, 0.5) is 5.69 Å². The zero-order valence-corrected chi connectivity index (χ0v) is 19.4. The summed E-state index contributed by atoms with van der Waals surface area (Å²) in [5.41, 5.74) is 1.73. The van der Waals surface area contributed by atoms with Gasteiger partial charge in [-0.05, 0) is 70.3 Å². The van der Waals surface area contributed by atoms with E-state index >= 15 is 0 Å². The van der Waals surface area contributed by atoms with E-state index in [-0.39, 0.29) is 22.9 Å². The summed E-state index contributed by atoms with van der Waals surface area (Å²) in [5.74, 6) is 0.953. The van der Waals surface area contributed by atoms with Crippen molar-refractivity contribution in [3.63, 3.8) is 0 Å². The first-order valence-electron chi connectivity index (χ1n) is 10.5. The molecule has 0 spiro atoms. The van der Waals surface area contributed by atoms with Crippen LogP contribution in [0.15, 0.2) is 58.4 Å². The highest BCUT2D eigenvalue weighted by Gasteiger charge is 2.27. The Morgan fingerprint density at radius 3 is 2.29 bits per heavy atom. The third-order valence-electron chi connectivity index (χ3n) is 5.57. The molecular weight excluding hydrogens is 412 g/mol. The number of rotatable bonds is 6. The summed E-state index contributed by atoms with van der Waals surface area (Å²) >= 11 is 0. The van der Waals surface area contributed by atoms with Crippen LogP contribution in [-0.2, 0) is 10.0 Å². The fourth-order valence-corrected chi connectivity index (χ4v) is 4.78. The first kappa shape index (κ1) is 23.1. The van der Waals surface area contributed by atoms with E-state index in [2.05, 4.69) is 14.9 Å². The van der Waals surface area contributed by atoms with Gasteiger partial charge in [0.15, 0.2) is 0 Å². The van der Waals surface area contributed by atoms with Crippen molar-refractivity contribution < 1.29 is 13.2 Å². The van der Waals surface area contributed by atoms with Crippen LogP contribution in [0.3, 0.4) is 0 Å². The number of nitrogens with zero attached hydrogens (tertiary/aromatic N) is 2. The summed E-state index contributed by atoms with van der Waals surface area (Å²) in [6.07, 6.45) is 4.20. The van der Waals surface area contributed by atoms with E-state index in [1.807, 2.05) is 45.3 Å². The van der Waals surface area contributed by atoms with E-state index in [0.29, 0.717) is 0 Å². The van der Waals surface area contributed by atoms with Gasteiger partial charge in [-0.2, -0.15) is 0 Å². The molecule has 0 heterocycles. The number of guanidine groups is 1. The number of aliphatic imine (C=N–C) groups is 1. The Morgan fingerprint density at radius 1 is 1.03 bits per heavy atom. The smallest absolute Gasteiger partial charge is 0.264 e. The summed E-state index contributed by atoms with van der Waals surface area (Å²) in [5, 5.41) is 3.16. The number of hydrogen-bond donors (Lipinski definition) is 2. The van der Waals surface area contributed by atoms with Crippen molar-refractivity contribution >= 4 is 21.7 Å². The summed E-state index contributed by atoms with van der Waals surface area (Å²) in [7, 11) is 1.92. The number of nitrogens with one attached hydrogen (secondary N) is 2. The summed E-state index contributed by atoms with van der Waals surface area (Å²) in [6.45, 7) is 1.92. The average Bonchev–Trinajstić information content (AvgIpc) is 2.74. The van der Waals surface area contributed by atoms with Crippen molar-refractivity contribution in [3.05, 3.63) is 54.1 Å². The molecule has 0 unspecified atom stereocenters. The molecule has 2 atom stereocenters. The van der Waals surface area contributed by atoms with Gasteiger partial charge in [0.1, 0.15) is 5.75 Å². The Labute approximate surface area is 185 Å². The van der Waals surface area contributed by atoms with E-state index in [0.717, 1.165) is 42.7 Å². The van der Waals surface area contributed by atoms with Crippen molar-refractivity contribution in [3.8, 4) is 5.75 Å². The van der Waals surface area contributed by atoms with Crippen LogP contribution in [0.1, 0.15) is 31.2 Å². The molecular formula is C23H32N4O3S. The molecule has 0 bridgehead atoms. The molecule has 1 fully saturated rings. The molecule has 0 amide bonds. The SMILES string of the molecule is COc1ccc(NC(=N[C@@H]2CCCC[C@H]2N(C)C)NS(=O)(=O)c2ccc(C)cc2)cc1. The maximum absolute atomic E-state index is 13.0. The lowest BCUT2D eigenvalue weighted by Crippen LogP contribution is -2.43. The molecule has 8 heteroatoms. The fourth-order valence-electron chi connectivity index (χ4n) is 3.81. The number of methoxy groups -OCH3 is 1. The first-order chi connectivity index (χ1) is 14.8. The number of benzene rings is 2.